The zero-order chi connectivity index (χ0) is 21.5. The van der Waals surface area contributed by atoms with E-state index in [0.29, 0.717) is 19.1 Å². The first-order valence-electron chi connectivity index (χ1n) is 10.7. The summed E-state index contributed by atoms with van der Waals surface area (Å²) in [6, 6.07) is 0. The van der Waals surface area contributed by atoms with Crippen LogP contribution in [0.3, 0.4) is 0 Å². The van der Waals surface area contributed by atoms with Crippen molar-refractivity contribution in [3.05, 3.63) is 23.3 Å². The average Bonchev–Trinajstić information content (AvgIpc) is 2.58. The Bertz CT molecular complexity index is 618. The summed E-state index contributed by atoms with van der Waals surface area (Å²) in [5.74, 6) is 0.684. The van der Waals surface area contributed by atoms with Gasteiger partial charge >= 0.3 is 11.9 Å². The molecule has 0 heterocycles. The fourth-order valence-electron chi connectivity index (χ4n) is 4.43. The van der Waals surface area contributed by atoms with Crippen LogP contribution in [0.2, 0.25) is 0 Å². The Kier molecular flexibility index (Phi) is 8.97. The number of ether oxygens (including phenoxy) is 2. The van der Waals surface area contributed by atoms with Crippen LogP contribution in [0.25, 0.3) is 0 Å². The van der Waals surface area contributed by atoms with Crippen molar-refractivity contribution < 1.29 is 19.1 Å². The quantitative estimate of drug-likeness (QED) is 0.444. The molecular weight excluding hydrogens is 352 g/mol. The molecule has 0 N–H and O–H groups in total. The predicted octanol–water partition coefficient (Wildman–Crippen LogP) is 5.86. The Morgan fingerprint density at radius 1 is 1.00 bits per heavy atom. The maximum absolute atomic E-state index is 11.8. The Labute approximate surface area is 171 Å². The zero-order valence-corrected chi connectivity index (χ0v) is 19.2. The van der Waals surface area contributed by atoms with Gasteiger partial charge in [0.2, 0.25) is 0 Å². The van der Waals surface area contributed by atoms with Crippen molar-refractivity contribution in [2.24, 2.45) is 22.7 Å². The number of hydrogen-bond acceptors (Lipinski definition) is 4. The van der Waals surface area contributed by atoms with Gasteiger partial charge in [0.05, 0.1) is 24.0 Å². The summed E-state index contributed by atoms with van der Waals surface area (Å²) in [7, 11) is 0. The lowest BCUT2D eigenvalue weighted by atomic mass is 9.70. The average molecular weight is 393 g/mol. The van der Waals surface area contributed by atoms with Crippen LogP contribution in [0.15, 0.2) is 23.3 Å². The van der Waals surface area contributed by atoms with Gasteiger partial charge in [0.1, 0.15) is 0 Å². The molecule has 0 fully saturated rings. The number of carbonyl (C=O) groups is 2. The summed E-state index contributed by atoms with van der Waals surface area (Å²) in [4.78, 5) is 23.5. The molecule has 0 aromatic heterocycles. The first-order valence-corrected chi connectivity index (χ1v) is 10.7. The van der Waals surface area contributed by atoms with E-state index in [0.717, 1.165) is 25.7 Å². The van der Waals surface area contributed by atoms with Crippen molar-refractivity contribution in [2.75, 3.05) is 13.2 Å². The molecule has 0 spiro atoms. The van der Waals surface area contributed by atoms with Crippen LogP contribution < -0.4 is 0 Å². The van der Waals surface area contributed by atoms with Crippen LogP contribution in [0.4, 0.5) is 0 Å². The molecule has 4 nitrogen and oxygen atoms in total. The minimum atomic E-state index is -0.310. The maximum Gasteiger partial charge on any atom is 0.312 e. The van der Waals surface area contributed by atoms with Gasteiger partial charge in [0.15, 0.2) is 0 Å². The van der Waals surface area contributed by atoms with E-state index in [9.17, 15) is 9.59 Å². The van der Waals surface area contributed by atoms with Gasteiger partial charge in [-0.3, -0.25) is 9.59 Å². The van der Waals surface area contributed by atoms with Crippen molar-refractivity contribution in [2.45, 2.75) is 81.1 Å². The van der Waals surface area contributed by atoms with Crippen LogP contribution in [0.1, 0.15) is 81.1 Å². The number of allylic oxidation sites excluding steroid dienone is 4. The number of hydrogen-bond donors (Lipinski definition) is 0. The molecular formula is C24H40O4. The third-order valence-electron chi connectivity index (χ3n) is 6.10. The van der Waals surface area contributed by atoms with Crippen molar-refractivity contribution in [3.8, 4) is 0 Å². The number of esters is 2. The van der Waals surface area contributed by atoms with Gasteiger partial charge in [0, 0.05) is 0 Å². The van der Waals surface area contributed by atoms with Gasteiger partial charge in [-0.05, 0) is 79.1 Å². The largest absolute Gasteiger partial charge is 0.466 e. The molecule has 2 aliphatic rings. The Morgan fingerprint density at radius 3 is 2.07 bits per heavy atom. The van der Waals surface area contributed by atoms with Gasteiger partial charge < -0.3 is 9.47 Å². The molecule has 4 atom stereocenters. The van der Waals surface area contributed by atoms with Crippen molar-refractivity contribution in [1.29, 1.82) is 0 Å². The highest BCUT2D eigenvalue weighted by molar-refractivity contribution is 5.77. The number of rotatable bonds is 4. The molecule has 0 aromatic rings. The molecule has 0 aromatic carbocycles. The summed E-state index contributed by atoms with van der Waals surface area (Å²) < 4.78 is 10.2. The molecule has 0 aliphatic heterocycles. The predicted molar refractivity (Wildman–Crippen MR) is 114 cm³/mol. The molecule has 28 heavy (non-hydrogen) atoms. The molecule has 0 radical (unpaired) electrons. The second-order valence-corrected chi connectivity index (χ2v) is 9.09. The van der Waals surface area contributed by atoms with Crippen LogP contribution >= 0.6 is 0 Å². The monoisotopic (exact) mass is 392 g/mol. The first-order chi connectivity index (χ1) is 13.0. The van der Waals surface area contributed by atoms with E-state index in [1.54, 1.807) is 0 Å². The topological polar surface area (TPSA) is 52.6 Å². The molecule has 0 saturated carbocycles. The van der Waals surface area contributed by atoms with E-state index in [4.69, 9.17) is 9.47 Å². The third kappa shape index (κ3) is 6.22. The van der Waals surface area contributed by atoms with Crippen LogP contribution in [-0.2, 0) is 19.1 Å². The molecule has 0 saturated heterocycles. The van der Waals surface area contributed by atoms with Gasteiger partial charge in [0.25, 0.3) is 0 Å². The first kappa shape index (κ1) is 24.5. The van der Waals surface area contributed by atoms with Gasteiger partial charge in [-0.2, -0.15) is 0 Å². The lowest BCUT2D eigenvalue weighted by molar-refractivity contribution is -0.157. The summed E-state index contributed by atoms with van der Waals surface area (Å²) in [6.07, 6.45) is 8.12. The smallest absolute Gasteiger partial charge is 0.312 e. The van der Waals surface area contributed by atoms with E-state index in [1.165, 1.54) is 11.1 Å². The normalized spacial score (nSPS) is 32.3. The second-order valence-electron chi connectivity index (χ2n) is 9.09. The van der Waals surface area contributed by atoms with E-state index in [-0.39, 0.29) is 28.7 Å². The van der Waals surface area contributed by atoms with Crippen molar-refractivity contribution in [1.82, 2.24) is 0 Å². The van der Waals surface area contributed by atoms with Crippen LogP contribution in [0, 0.1) is 22.7 Å². The summed E-state index contributed by atoms with van der Waals surface area (Å²) in [5, 5.41) is 0. The summed E-state index contributed by atoms with van der Waals surface area (Å²) in [6.45, 7) is 17.2. The van der Waals surface area contributed by atoms with Gasteiger partial charge in [-0.15, -0.1) is 0 Å². The minimum absolute atomic E-state index is 0.0423. The highest BCUT2D eigenvalue weighted by atomic mass is 16.5. The van der Waals surface area contributed by atoms with E-state index in [2.05, 4.69) is 39.8 Å². The van der Waals surface area contributed by atoms with Crippen molar-refractivity contribution in [3.63, 3.8) is 0 Å². The van der Waals surface area contributed by atoms with E-state index < -0.39 is 0 Å². The molecule has 2 aliphatic carbocycles. The van der Waals surface area contributed by atoms with E-state index in [1.807, 2.05) is 27.7 Å². The molecule has 2 rings (SSSR count). The standard InChI is InChI=1S/2C12H20O2/c1-5-14-11(13)12(4)7-9(2)6-10(3)8-12;1-5-14-11(13)12(4)7-6-9(2)8-10(12)3/h6,9H,5,7-8H2,1-4H3;8,10H,5-7H2,1-4H3. The van der Waals surface area contributed by atoms with Gasteiger partial charge in [-0.25, -0.2) is 0 Å². The maximum atomic E-state index is 11.8. The molecule has 0 amide bonds. The van der Waals surface area contributed by atoms with Crippen LogP contribution in [0.5, 0.6) is 0 Å². The molecule has 4 heteroatoms. The number of carbonyl (C=O) groups excluding carboxylic acids is 2. The summed E-state index contributed by atoms with van der Waals surface area (Å²) in [5.41, 5.74) is 2.09. The fourth-order valence-corrected chi connectivity index (χ4v) is 4.43. The highest BCUT2D eigenvalue weighted by Crippen LogP contribution is 2.41. The second kappa shape index (κ2) is 10.3. The Morgan fingerprint density at radius 2 is 1.57 bits per heavy atom. The molecule has 160 valence electrons. The third-order valence-corrected chi connectivity index (χ3v) is 6.10. The fraction of sp³-hybridized carbons (Fsp3) is 0.750. The highest BCUT2D eigenvalue weighted by Gasteiger charge is 2.41. The van der Waals surface area contributed by atoms with Gasteiger partial charge in [-0.1, -0.05) is 37.1 Å². The molecule has 4 unspecified atom stereocenters. The van der Waals surface area contributed by atoms with Crippen LogP contribution in [-0.4, -0.2) is 25.2 Å². The van der Waals surface area contributed by atoms with E-state index >= 15 is 0 Å². The Hall–Kier alpha value is -1.58. The lowest BCUT2D eigenvalue weighted by Gasteiger charge is -2.35. The zero-order valence-electron chi connectivity index (χ0n) is 19.2. The summed E-state index contributed by atoms with van der Waals surface area (Å²) >= 11 is 0. The SMILES string of the molecule is CCOC(=O)C1(C)CC(C)=CC(C)C1.CCOC(=O)C1(C)CCC(C)=CC1C. The Balaban J connectivity index is 0.000000280. The minimum Gasteiger partial charge on any atom is -0.466 e. The molecule has 0 bridgehead atoms. The lowest BCUT2D eigenvalue weighted by Crippen LogP contribution is -2.37. The van der Waals surface area contributed by atoms with Crippen molar-refractivity contribution >= 4 is 11.9 Å².